The highest BCUT2D eigenvalue weighted by atomic mass is 16.5. The number of piperidine rings is 1. The van der Waals surface area contributed by atoms with E-state index in [0.29, 0.717) is 19.8 Å². The van der Waals surface area contributed by atoms with Gasteiger partial charge < -0.3 is 14.2 Å². The van der Waals surface area contributed by atoms with Crippen LogP contribution in [-0.2, 0) is 24.5 Å². The summed E-state index contributed by atoms with van der Waals surface area (Å²) in [4.78, 5) is 2.52. The third-order valence-corrected chi connectivity index (χ3v) is 5.06. The number of ether oxygens (including phenoxy) is 3. The van der Waals surface area contributed by atoms with Crippen LogP contribution in [0.2, 0.25) is 0 Å². The van der Waals surface area contributed by atoms with Gasteiger partial charge in [0.1, 0.15) is 6.61 Å². The molecule has 0 N–H and O–H groups in total. The molecule has 0 aliphatic carbocycles. The number of nitrogens with zero attached hydrogens (tertiary/aromatic N) is 1. The Balaban J connectivity index is 1.88. The number of rotatable bonds is 9. The summed E-state index contributed by atoms with van der Waals surface area (Å²) in [5.41, 5.74) is 3.53. The summed E-state index contributed by atoms with van der Waals surface area (Å²) < 4.78 is 17.7. The van der Waals surface area contributed by atoms with Crippen molar-refractivity contribution < 1.29 is 14.2 Å². The first-order chi connectivity index (χ1) is 13.3. The van der Waals surface area contributed by atoms with E-state index < -0.39 is 0 Å². The Morgan fingerprint density at radius 1 is 0.926 bits per heavy atom. The molecule has 1 heterocycles. The highest BCUT2D eigenvalue weighted by Crippen LogP contribution is 2.36. The van der Waals surface area contributed by atoms with Crippen LogP contribution < -0.4 is 9.47 Å². The molecule has 0 aromatic heterocycles. The molecule has 27 heavy (non-hydrogen) atoms. The minimum Gasteiger partial charge on any atom is -0.493 e. The summed E-state index contributed by atoms with van der Waals surface area (Å²) >= 11 is 0. The van der Waals surface area contributed by atoms with E-state index in [2.05, 4.69) is 23.1 Å². The topological polar surface area (TPSA) is 30.9 Å². The van der Waals surface area contributed by atoms with Gasteiger partial charge in [-0.25, -0.2) is 0 Å². The molecule has 1 fully saturated rings. The van der Waals surface area contributed by atoms with Gasteiger partial charge in [-0.3, -0.25) is 4.90 Å². The summed E-state index contributed by atoms with van der Waals surface area (Å²) in [5, 5.41) is 0. The van der Waals surface area contributed by atoms with Gasteiger partial charge in [-0.2, -0.15) is 0 Å². The number of likely N-dealkylation sites (tertiary alicyclic amines) is 1. The summed E-state index contributed by atoms with van der Waals surface area (Å²) in [6, 6.07) is 14.4. The van der Waals surface area contributed by atoms with E-state index in [4.69, 9.17) is 14.2 Å². The Bertz CT molecular complexity index is 696. The zero-order valence-electron chi connectivity index (χ0n) is 16.6. The number of hydrogen-bond donors (Lipinski definition) is 0. The molecule has 1 aliphatic rings. The third kappa shape index (κ3) is 5.47. The molecule has 2 aromatic rings. The lowest BCUT2D eigenvalue weighted by Gasteiger charge is -2.29. The normalized spacial score (nSPS) is 14.9. The Labute approximate surface area is 163 Å². The quantitative estimate of drug-likeness (QED) is 0.635. The molecule has 0 saturated carbocycles. The van der Waals surface area contributed by atoms with Crippen LogP contribution in [0.5, 0.6) is 11.5 Å². The molecule has 0 radical (unpaired) electrons. The van der Waals surface area contributed by atoms with Crippen molar-refractivity contribution in [2.24, 2.45) is 0 Å². The Morgan fingerprint density at radius 2 is 1.70 bits per heavy atom. The van der Waals surface area contributed by atoms with Crippen molar-refractivity contribution in [1.82, 2.24) is 4.90 Å². The predicted molar refractivity (Wildman–Crippen MR) is 108 cm³/mol. The maximum Gasteiger partial charge on any atom is 0.166 e. The molecule has 1 aliphatic heterocycles. The lowest BCUT2D eigenvalue weighted by molar-refractivity contribution is 0.131. The van der Waals surface area contributed by atoms with Crippen molar-refractivity contribution in [2.75, 3.05) is 26.8 Å². The Kier molecular flexibility index (Phi) is 7.55. The van der Waals surface area contributed by atoms with E-state index in [1.54, 1.807) is 7.11 Å². The lowest BCUT2D eigenvalue weighted by atomic mass is 10.0. The van der Waals surface area contributed by atoms with Gasteiger partial charge in [0.2, 0.25) is 0 Å². The average molecular weight is 370 g/mol. The summed E-state index contributed by atoms with van der Waals surface area (Å²) in [6.45, 7) is 7.03. The first kappa shape index (κ1) is 19.7. The van der Waals surface area contributed by atoms with Gasteiger partial charge >= 0.3 is 0 Å². The molecule has 4 nitrogen and oxygen atoms in total. The largest absolute Gasteiger partial charge is 0.493 e. The van der Waals surface area contributed by atoms with E-state index in [-0.39, 0.29) is 0 Å². The second kappa shape index (κ2) is 10.3. The van der Waals surface area contributed by atoms with Gasteiger partial charge in [0.15, 0.2) is 11.5 Å². The Hall–Kier alpha value is -2.04. The molecule has 0 spiro atoms. The molecule has 2 aromatic carbocycles. The molecule has 1 saturated heterocycles. The fourth-order valence-corrected chi connectivity index (χ4v) is 3.56. The summed E-state index contributed by atoms with van der Waals surface area (Å²) in [7, 11) is 1.71. The van der Waals surface area contributed by atoms with Gasteiger partial charge in [0, 0.05) is 18.7 Å². The SMILES string of the molecule is CCOCc1ccc(OC)c(OCc2ccccc2)c1CN1CCCCC1. The number of benzene rings is 2. The first-order valence-electron chi connectivity index (χ1n) is 9.97. The number of methoxy groups -OCH3 is 1. The van der Waals surface area contributed by atoms with Crippen molar-refractivity contribution in [3.8, 4) is 11.5 Å². The van der Waals surface area contributed by atoms with Crippen molar-refractivity contribution in [2.45, 2.75) is 45.9 Å². The van der Waals surface area contributed by atoms with Crippen LogP contribution >= 0.6 is 0 Å². The first-order valence-corrected chi connectivity index (χ1v) is 9.97. The maximum absolute atomic E-state index is 6.30. The zero-order valence-corrected chi connectivity index (χ0v) is 16.6. The van der Waals surface area contributed by atoms with E-state index in [9.17, 15) is 0 Å². The third-order valence-electron chi connectivity index (χ3n) is 5.06. The number of hydrogen-bond acceptors (Lipinski definition) is 4. The molecule has 4 heteroatoms. The van der Waals surface area contributed by atoms with Crippen LogP contribution in [0.25, 0.3) is 0 Å². The van der Waals surface area contributed by atoms with Crippen LogP contribution in [0.15, 0.2) is 42.5 Å². The fourth-order valence-electron chi connectivity index (χ4n) is 3.56. The highest BCUT2D eigenvalue weighted by Gasteiger charge is 2.20. The molecule has 0 amide bonds. The van der Waals surface area contributed by atoms with E-state index in [0.717, 1.165) is 36.7 Å². The minimum absolute atomic E-state index is 0.530. The fraction of sp³-hybridized carbons (Fsp3) is 0.478. The maximum atomic E-state index is 6.30. The molecular formula is C23H31NO3. The molecule has 0 unspecified atom stereocenters. The zero-order chi connectivity index (χ0) is 18.9. The van der Waals surface area contributed by atoms with Crippen molar-refractivity contribution in [3.05, 3.63) is 59.2 Å². The smallest absolute Gasteiger partial charge is 0.166 e. The van der Waals surface area contributed by atoms with Crippen molar-refractivity contribution in [3.63, 3.8) is 0 Å². The van der Waals surface area contributed by atoms with Gasteiger partial charge in [-0.05, 0) is 50.0 Å². The van der Waals surface area contributed by atoms with Crippen LogP contribution in [0.1, 0.15) is 42.9 Å². The van der Waals surface area contributed by atoms with Gasteiger partial charge in [-0.15, -0.1) is 0 Å². The lowest BCUT2D eigenvalue weighted by Crippen LogP contribution is -2.29. The minimum atomic E-state index is 0.530. The van der Waals surface area contributed by atoms with Gasteiger partial charge in [0.25, 0.3) is 0 Å². The van der Waals surface area contributed by atoms with Crippen LogP contribution in [0.3, 0.4) is 0 Å². The highest BCUT2D eigenvalue weighted by molar-refractivity contribution is 5.51. The van der Waals surface area contributed by atoms with Crippen LogP contribution in [0, 0.1) is 0 Å². The molecule has 0 bridgehead atoms. The average Bonchev–Trinajstić information content (AvgIpc) is 2.73. The molecular weight excluding hydrogens is 338 g/mol. The van der Waals surface area contributed by atoms with Gasteiger partial charge in [0.05, 0.1) is 13.7 Å². The van der Waals surface area contributed by atoms with Crippen LogP contribution in [0.4, 0.5) is 0 Å². The van der Waals surface area contributed by atoms with Crippen molar-refractivity contribution in [1.29, 1.82) is 0 Å². The van der Waals surface area contributed by atoms with E-state index in [1.165, 1.54) is 30.4 Å². The Morgan fingerprint density at radius 3 is 2.41 bits per heavy atom. The second-order valence-corrected chi connectivity index (χ2v) is 6.98. The molecule has 146 valence electrons. The summed E-state index contributed by atoms with van der Waals surface area (Å²) in [6.07, 6.45) is 3.87. The second-order valence-electron chi connectivity index (χ2n) is 6.98. The summed E-state index contributed by atoms with van der Waals surface area (Å²) in [5.74, 6) is 1.64. The standard InChI is InChI=1S/C23H31NO3/c1-3-26-18-20-12-13-22(25-2)23(27-17-19-10-6-4-7-11-19)21(20)16-24-14-8-5-9-15-24/h4,6-7,10-13H,3,5,8-9,14-18H2,1-2H3. The monoisotopic (exact) mass is 369 g/mol. The van der Waals surface area contributed by atoms with E-state index >= 15 is 0 Å². The predicted octanol–water partition coefficient (Wildman–Crippen LogP) is 4.80. The molecule has 3 rings (SSSR count). The van der Waals surface area contributed by atoms with Gasteiger partial charge in [-0.1, -0.05) is 42.8 Å². The van der Waals surface area contributed by atoms with Crippen molar-refractivity contribution >= 4 is 0 Å². The van der Waals surface area contributed by atoms with Crippen LogP contribution in [-0.4, -0.2) is 31.7 Å². The molecule has 0 atom stereocenters. The van der Waals surface area contributed by atoms with E-state index in [1.807, 2.05) is 31.2 Å².